The Morgan fingerprint density at radius 1 is 1.23 bits per heavy atom. The van der Waals surface area contributed by atoms with Gasteiger partial charge < -0.3 is 29.4 Å². The van der Waals surface area contributed by atoms with Crippen molar-refractivity contribution in [3.63, 3.8) is 0 Å². The molecule has 2 atom stereocenters. The number of ether oxygens (including phenoxy) is 2. The lowest BCUT2D eigenvalue weighted by Gasteiger charge is -2.36. The zero-order valence-corrected chi connectivity index (χ0v) is 18.1. The standard InChI is InChI=1S/C22H33N5O3/c1-17-14-27(15-18(2)30-17)21-8-7-19(12-25-21)13-26-22(23-3)24-9-5-10-28-16-20-6-4-11-29-20/h4,6-8,11-12,17-18H,5,9-10,13-16H2,1-3H3,(H2,23,24,26). The molecule has 8 heteroatoms. The fourth-order valence-corrected chi connectivity index (χ4v) is 3.43. The van der Waals surface area contributed by atoms with Gasteiger partial charge in [-0.3, -0.25) is 4.99 Å². The minimum Gasteiger partial charge on any atom is -0.467 e. The fourth-order valence-electron chi connectivity index (χ4n) is 3.43. The first-order valence-corrected chi connectivity index (χ1v) is 10.5. The molecule has 0 radical (unpaired) electrons. The van der Waals surface area contributed by atoms with Crippen LogP contribution in [0.5, 0.6) is 0 Å². The van der Waals surface area contributed by atoms with Gasteiger partial charge in [0.25, 0.3) is 0 Å². The maximum atomic E-state index is 5.80. The van der Waals surface area contributed by atoms with E-state index in [1.807, 2.05) is 18.3 Å². The Morgan fingerprint density at radius 2 is 2.07 bits per heavy atom. The van der Waals surface area contributed by atoms with E-state index in [1.54, 1.807) is 13.3 Å². The van der Waals surface area contributed by atoms with Crippen molar-refractivity contribution in [3.8, 4) is 0 Å². The molecule has 0 aromatic carbocycles. The molecule has 0 bridgehead atoms. The largest absolute Gasteiger partial charge is 0.467 e. The monoisotopic (exact) mass is 415 g/mol. The van der Waals surface area contributed by atoms with Crippen molar-refractivity contribution in [2.24, 2.45) is 4.99 Å². The molecule has 3 heterocycles. The maximum absolute atomic E-state index is 5.80. The summed E-state index contributed by atoms with van der Waals surface area (Å²) in [5.74, 6) is 2.61. The van der Waals surface area contributed by atoms with Crippen molar-refractivity contribution in [2.45, 2.75) is 45.6 Å². The SMILES string of the molecule is CN=C(NCCCOCc1ccco1)NCc1ccc(N2CC(C)OC(C)C2)nc1. The molecule has 2 aromatic heterocycles. The number of nitrogens with zero attached hydrogens (tertiary/aromatic N) is 3. The molecule has 1 aliphatic heterocycles. The summed E-state index contributed by atoms with van der Waals surface area (Å²) in [7, 11) is 1.77. The number of guanidine groups is 1. The fraction of sp³-hybridized carbons (Fsp3) is 0.545. The van der Waals surface area contributed by atoms with E-state index in [1.165, 1.54) is 0 Å². The third-order valence-electron chi connectivity index (χ3n) is 4.82. The lowest BCUT2D eigenvalue weighted by molar-refractivity contribution is -0.00545. The molecule has 8 nitrogen and oxygen atoms in total. The molecule has 0 spiro atoms. The number of nitrogens with one attached hydrogen (secondary N) is 2. The van der Waals surface area contributed by atoms with Crippen LogP contribution in [0.25, 0.3) is 0 Å². The summed E-state index contributed by atoms with van der Waals surface area (Å²) in [5, 5.41) is 6.62. The second kappa shape index (κ2) is 11.6. The van der Waals surface area contributed by atoms with Gasteiger partial charge in [0.2, 0.25) is 0 Å². The normalized spacial score (nSPS) is 19.7. The van der Waals surface area contributed by atoms with Crippen LogP contribution >= 0.6 is 0 Å². The zero-order chi connectivity index (χ0) is 21.2. The molecule has 1 fully saturated rings. The van der Waals surface area contributed by atoms with Crippen LogP contribution in [0.2, 0.25) is 0 Å². The summed E-state index contributed by atoms with van der Waals surface area (Å²) in [6.45, 7) is 8.56. The highest BCUT2D eigenvalue weighted by molar-refractivity contribution is 5.79. The van der Waals surface area contributed by atoms with E-state index >= 15 is 0 Å². The van der Waals surface area contributed by atoms with E-state index in [2.05, 4.69) is 51.5 Å². The van der Waals surface area contributed by atoms with Crippen molar-refractivity contribution in [2.75, 3.05) is 38.2 Å². The van der Waals surface area contributed by atoms with E-state index in [-0.39, 0.29) is 12.2 Å². The summed E-state index contributed by atoms with van der Waals surface area (Å²) in [5.41, 5.74) is 1.11. The number of furan rings is 1. The maximum Gasteiger partial charge on any atom is 0.191 e. The number of hydrogen-bond acceptors (Lipinski definition) is 6. The molecule has 164 valence electrons. The summed E-state index contributed by atoms with van der Waals surface area (Å²) in [6.07, 6.45) is 4.91. The Hall–Kier alpha value is -2.58. The van der Waals surface area contributed by atoms with E-state index < -0.39 is 0 Å². The average Bonchev–Trinajstić information content (AvgIpc) is 3.26. The van der Waals surface area contributed by atoms with Gasteiger partial charge in [0.15, 0.2) is 5.96 Å². The predicted octanol–water partition coefficient (Wildman–Crippen LogP) is 2.56. The minimum absolute atomic E-state index is 0.224. The third-order valence-corrected chi connectivity index (χ3v) is 4.82. The highest BCUT2D eigenvalue weighted by Gasteiger charge is 2.22. The lowest BCUT2D eigenvalue weighted by atomic mass is 10.2. The van der Waals surface area contributed by atoms with Crippen LogP contribution in [-0.2, 0) is 22.6 Å². The van der Waals surface area contributed by atoms with E-state index in [0.717, 1.165) is 49.2 Å². The zero-order valence-electron chi connectivity index (χ0n) is 18.1. The van der Waals surface area contributed by atoms with Gasteiger partial charge in [0.1, 0.15) is 18.2 Å². The van der Waals surface area contributed by atoms with Crippen LogP contribution in [0.4, 0.5) is 5.82 Å². The van der Waals surface area contributed by atoms with E-state index in [4.69, 9.17) is 13.9 Å². The molecule has 0 saturated carbocycles. The van der Waals surface area contributed by atoms with Crippen LogP contribution in [-0.4, -0.2) is 56.4 Å². The summed E-state index contributed by atoms with van der Waals surface area (Å²) in [6, 6.07) is 7.96. The summed E-state index contributed by atoms with van der Waals surface area (Å²) in [4.78, 5) is 11.2. The first-order chi connectivity index (χ1) is 14.6. The number of anilines is 1. The highest BCUT2D eigenvalue weighted by atomic mass is 16.5. The molecule has 1 aliphatic rings. The number of aromatic nitrogens is 1. The number of pyridine rings is 1. The lowest BCUT2D eigenvalue weighted by Crippen LogP contribution is -2.45. The smallest absolute Gasteiger partial charge is 0.191 e. The van der Waals surface area contributed by atoms with Crippen LogP contribution in [0.15, 0.2) is 46.1 Å². The molecular formula is C22H33N5O3. The van der Waals surface area contributed by atoms with Crippen LogP contribution in [0, 0.1) is 0 Å². The number of rotatable bonds is 9. The first kappa shape index (κ1) is 22.1. The molecule has 2 aromatic rings. The molecule has 30 heavy (non-hydrogen) atoms. The van der Waals surface area contributed by atoms with Crippen molar-refractivity contribution in [3.05, 3.63) is 48.0 Å². The Morgan fingerprint density at radius 3 is 2.73 bits per heavy atom. The number of aliphatic imine (C=N–C) groups is 1. The molecule has 2 N–H and O–H groups in total. The van der Waals surface area contributed by atoms with Crippen LogP contribution < -0.4 is 15.5 Å². The summed E-state index contributed by atoms with van der Waals surface area (Å²) >= 11 is 0. The molecule has 0 amide bonds. The van der Waals surface area contributed by atoms with Crippen molar-refractivity contribution >= 4 is 11.8 Å². The van der Waals surface area contributed by atoms with Gasteiger partial charge in [0.05, 0.1) is 18.5 Å². The highest BCUT2D eigenvalue weighted by Crippen LogP contribution is 2.18. The molecular weight excluding hydrogens is 382 g/mol. The molecule has 0 aliphatic carbocycles. The molecule has 1 saturated heterocycles. The Labute approximate surface area is 178 Å². The third kappa shape index (κ3) is 7.03. The van der Waals surface area contributed by atoms with Crippen molar-refractivity contribution < 1.29 is 13.9 Å². The van der Waals surface area contributed by atoms with Crippen LogP contribution in [0.3, 0.4) is 0 Å². The minimum atomic E-state index is 0.224. The van der Waals surface area contributed by atoms with Gasteiger partial charge >= 0.3 is 0 Å². The second-order valence-electron chi connectivity index (χ2n) is 7.52. The van der Waals surface area contributed by atoms with Gasteiger partial charge in [-0.05, 0) is 44.0 Å². The van der Waals surface area contributed by atoms with Crippen molar-refractivity contribution in [1.29, 1.82) is 0 Å². The van der Waals surface area contributed by atoms with E-state index in [9.17, 15) is 0 Å². The predicted molar refractivity (Wildman–Crippen MR) is 118 cm³/mol. The quantitative estimate of drug-likeness (QED) is 0.370. The van der Waals surface area contributed by atoms with E-state index in [0.29, 0.717) is 19.8 Å². The average molecular weight is 416 g/mol. The van der Waals surface area contributed by atoms with Crippen LogP contribution in [0.1, 0.15) is 31.6 Å². The summed E-state index contributed by atoms with van der Waals surface area (Å²) < 4.78 is 16.6. The topological polar surface area (TPSA) is 84.2 Å². The molecule has 2 unspecified atom stereocenters. The van der Waals surface area contributed by atoms with Gasteiger partial charge in [-0.25, -0.2) is 4.98 Å². The number of hydrogen-bond donors (Lipinski definition) is 2. The Balaban J connectivity index is 1.34. The Kier molecular flexibility index (Phi) is 8.53. The number of morpholine rings is 1. The second-order valence-corrected chi connectivity index (χ2v) is 7.52. The van der Waals surface area contributed by atoms with Gasteiger partial charge in [-0.1, -0.05) is 6.07 Å². The van der Waals surface area contributed by atoms with Crippen molar-refractivity contribution in [1.82, 2.24) is 15.6 Å². The molecule has 3 rings (SSSR count). The van der Waals surface area contributed by atoms with Gasteiger partial charge in [-0.15, -0.1) is 0 Å². The first-order valence-electron chi connectivity index (χ1n) is 10.5. The van der Waals surface area contributed by atoms with Gasteiger partial charge in [-0.2, -0.15) is 0 Å². The Bertz CT molecular complexity index is 754. The van der Waals surface area contributed by atoms with Gasteiger partial charge in [0, 0.05) is 46.0 Å².